The number of aromatic nitrogens is 2. The molecule has 1 aliphatic rings. The Morgan fingerprint density at radius 2 is 2.00 bits per heavy atom. The van der Waals surface area contributed by atoms with E-state index in [0.29, 0.717) is 6.42 Å². The molecule has 1 aliphatic carbocycles. The number of nitrogens with zero attached hydrogens (tertiary/aromatic N) is 2. The van der Waals surface area contributed by atoms with E-state index in [1.165, 1.54) is 19.3 Å². The molecule has 0 spiro atoms. The highest BCUT2D eigenvalue weighted by atomic mass is 16.5. The van der Waals surface area contributed by atoms with E-state index in [2.05, 4.69) is 5.10 Å². The SMILES string of the molecule is Cc1nn(C)c(C)c1CC(=O)OC1CCCCC1. The van der Waals surface area contributed by atoms with Crippen LogP contribution in [-0.2, 0) is 23.0 Å². The number of esters is 1. The minimum absolute atomic E-state index is 0.110. The average Bonchev–Trinajstić information content (AvgIpc) is 2.57. The molecular weight excluding hydrogens is 228 g/mol. The van der Waals surface area contributed by atoms with Crippen LogP contribution in [0.3, 0.4) is 0 Å². The van der Waals surface area contributed by atoms with E-state index < -0.39 is 0 Å². The molecule has 0 radical (unpaired) electrons. The van der Waals surface area contributed by atoms with Gasteiger partial charge in [-0.15, -0.1) is 0 Å². The molecule has 18 heavy (non-hydrogen) atoms. The Hall–Kier alpha value is -1.32. The third kappa shape index (κ3) is 2.92. The summed E-state index contributed by atoms with van der Waals surface area (Å²) in [7, 11) is 1.90. The fourth-order valence-electron chi connectivity index (χ4n) is 2.63. The zero-order valence-corrected chi connectivity index (χ0v) is 11.5. The van der Waals surface area contributed by atoms with Gasteiger partial charge >= 0.3 is 5.97 Å². The van der Waals surface area contributed by atoms with E-state index in [0.717, 1.165) is 29.8 Å². The standard InChI is InChI=1S/C14H22N2O2/c1-10-13(11(2)16(3)15-10)9-14(17)18-12-7-5-4-6-8-12/h12H,4-9H2,1-3H3. The molecule has 0 N–H and O–H groups in total. The second kappa shape index (κ2) is 5.55. The summed E-state index contributed by atoms with van der Waals surface area (Å²) in [4.78, 5) is 11.9. The number of carbonyl (C=O) groups excluding carboxylic acids is 1. The molecule has 1 fully saturated rings. The highest BCUT2D eigenvalue weighted by Gasteiger charge is 2.20. The number of carbonyl (C=O) groups is 1. The van der Waals surface area contributed by atoms with Gasteiger partial charge in [-0.3, -0.25) is 9.48 Å². The van der Waals surface area contributed by atoms with Gasteiger partial charge in [0.25, 0.3) is 0 Å². The van der Waals surface area contributed by atoms with Gasteiger partial charge in [0.2, 0.25) is 0 Å². The van der Waals surface area contributed by atoms with Crippen LogP contribution in [0.2, 0.25) is 0 Å². The number of ether oxygens (including phenoxy) is 1. The predicted molar refractivity (Wildman–Crippen MR) is 69.4 cm³/mol. The Labute approximate surface area is 108 Å². The lowest BCUT2D eigenvalue weighted by atomic mass is 9.98. The summed E-state index contributed by atoms with van der Waals surface area (Å²) in [5.41, 5.74) is 2.99. The fourth-order valence-corrected chi connectivity index (χ4v) is 2.63. The van der Waals surface area contributed by atoms with Crippen molar-refractivity contribution in [1.82, 2.24) is 9.78 Å². The van der Waals surface area contributed by atoms with Crippen LogP contribution in [0.15, 0.2) is 0 Å². The maximum atomic E-state index is 11.9. The first-order valence-electron chi connectivity index (χ1n) is 6.76. The summed E-state index contributed by atoms with van der Waals surface area (Å²) in [6.45, 7) is 3.93. The lowest BCUT2D eigenvalue weighted by Crippen LogP contribution is -2.22. The summed E-state index contributed by atoms with van der Waals surface area (Å²) in [5.74, 6) is -0.110. The van der Waals surface area contributed by atoms with Crippen LogP contribution in [0, 0.1) is 13.8 Å². The molecule has 4 heteroatoms. The Kier molecular flexibility index (Phi) is 4.04. The first-order chi connectivity index (χ1) is 8.58. The largest absolute Gasteiger partial charge is 0.462 e. The molecule has 2 rings (SSSR count). The third-order valence-electron chi connectivity index (χ3n) is 3.83. The number of aryl methyl sites for hydroxylation is 2. The first-order valence-corrected chi connectivity index (χ1v) is 6.76. The predicted octanol–water partition coefficient (Wildman–Crippen LogP) is 2.46. The van der Waals surface area contributed by atoms with Crippen molar-refractivity contribution in [3.05, 3.63) is 17.0 Å². The van der Waals surface area contributed by atoms with E-state index in [1.807, 2.05) is 25.6 Å². The van der Waals surface area contributed by atoms with Crippen molar-refractivity contribution in [2.75, 3.05) is 0 Å². The third-order valence-corrected chi connectivity index (χ3v) is 3.83. The molecule has 0 aliphatic heterocycles. The number of rotatable bonds is 3. The van der Waals surface area contributed by atoms with E-state index in [1.54, 1.807) is 0 Å². The maximum Gasteiger partial charge on any atom is 0.310 e. The summed E-state index contributed by atoms with van der Waals surface area (Å²) >= 11 is 0. The van der Waals surface area contributed by atoms with Gasteiger partial charge in [0.15, 0.2) is 0 Å². The molecule has 0 saturated heterocycles. The molecular formula is C14H22N2O2. The van der Waals surface area contributed by atoms with Crippen molar-refractivity contribution < 1.29 is 9.53 Å². The van der Waals surface area contributed by atoms with Crippen LogP contribution in [0.4, 0.5) is 0 Å². The highest BCUT2D eigenvalue weighted by molar-refractivity contribution is 5.73. The van der Waals surface area contributed by atoms with Crippen LogP contribution >= 0.6 is 0 Å². The number of hydrogen-bond acceptors (Lipinski definition) is 3. The van der Waals surface area contributed by atoms with Crippen molar-refractivity contribution in [2.24, 2.45) is 7.05 Å². The van der Waals surface area contributed by atoms with Crippen molar-refractivity contribution in [2.45, 2.75) is 58.5 Å². The highest BCUT2D eigenvalue weighted by Crippen LogP contribution is 2.21. The zero-order valence-electron chi connectivity index (χ0n) is 11.5. The molecule has 4 nitrogen and oxygen atoms in total. The Morgan fingerprint density at radius 1 is 1.33 bits per heavy atom. The molecule has 100 valence electrons. The van der Waals surface area contributed by atoms with E-state index in [-0.39, 0.29) is 12.1 Å². The molecule has 1 aromatic heterocycles. The van der Waals surface area contributed by atoms with Crippen molar-refractivity contribution >= 4 is 5.97 Å². The molecule has 0 atom stereocenters. The van der Waals surface area contributed by atoms with Gasteiger partial charge in [-0.2, -0.15) is 5.10 Å². The van der Waals surface area contributed by atoms with Crippen LogP contribution in [0.1, 0.15) is 49.1 Å². The van der Waals surface area contributed by atoms with Crippen molar-refractivity contribution in [3.63, 3.8) is 0 Å². The minimum Gasteiger partial charge on any atom is -0.462 e. The molecule has 0 amide bonds. The average molecular weight is 250 g/mol. The van der Waals surface area contributed by atoms with Gasteiger partial charge in [-0.1, -0.05) is 6.42 Å². The molecule has 0 unspecified atom stereocenters. The molecule has 0 bridgehead atoms. The fraction of sp³-hybridized carbons (Fsp3) is 0.714. The van der Waals surface area contributed by atoms with Gasteiger partial charge < -0.3 is 4.74 Å². The second-order valence-corrected chi connectivity index (χ2v) is 5.20. The Balaban J connectivity index is 1.94. The van der Waals surface area contributed by atoms with Gasteiger partial charge in [-0.25, -0.2) is 0 Å². The van der Waals surface area contributed by atoms with Crippen LogP contribution in [0.25, 0.3) is 0 Å². The molecule has 0 aromatic carbocycles. The van der Waals surface area contributed by atoms with Crippen LogP contribution in [-0.4, -0.2) is 21.9 Å². The summed E-state index contributed by atoms with van der Waals surface area (Å²) in [6.07, 6.45) is 6.18. The Bertz CT molecular complexity index is 431. The second-order valence-electron chi connectivity index (χ2n) is 5.20. The number of hydrogen-bond donors (Lipinski definition) is 0. The van der Waals surface area contributed by atoms with Crippen LogP contribution < -0.4 is 0 Å². The van der Waals surface area contributed by atoms with Crippen molar-refractivity contribution in [1.29, 1.82) is 0 Å². The first kappa shape index (κ1) is 13.1. The molecule has 1 aromatic rings. The summed E-state index contributed by atoms with van der Waals surface area (Å²) in [5, 5.41) is 4.32. The van der Waals surface area contributed by atoms with E-state index in [9.17, 15) is 4.79 Å². The van der Waals surface area contributed by atoms with Gasteiger partial charge in [0.05, 0.1) is 12.1 Å². The normalized spacial score (nSPS) is 16.8. The van der Waals surface area contributed by atoms with Gasteiger partial charge in [0.1, 0.15) is 6.10 Å². The quantitative estimate of drug-likeness (QED) is 0.774. The Morgan fingerprint density at radius 3 is 2.56 bits per heavy atom. The lowest BCUT2D eigenvalue weighted by Gasteiger charge is -2.21. The monoisotopic (exact) mass is 250 g/mol. The lowest BCUT2D eigenvalue weighted by molar-refractivity contribution is -0.149. The zero-order chi connectivity index (χ0) is 13.1. The topological polar surface area (TPSA) is 44.1 Å². The minimum atomic E-state index is -0.110. The van der Waals surface area contributed by atoms with Gasteiger partial charge in [-0.05, 0) is 39.5 Å². The molecule has 1 heterocycles. The smallest absolute Gasteiger partial charge is 0.310 e. The van der Waals surface area contributed by atoms with Crippen LogP contribution in [0.5, 0.6) is 0 Å². The molecule has 1 saturated carbocycles. The summed E-state index contributed by atoms with van der Waals surface area (Å²) in [6, 6.07) is 0. The van der Waals surface area contributed by atoms with E-state index in [4.69, 9.17) is 4.74 Å². The van der Waals surface area contributed by atoms with E-state index >= 15 is 0 Å². The summed E-state index contributed by atoms with van der Waals surface area (Å²) < 4.78 is 7.36. The van der Waals surface area contributed by atoms with Gasteiger partial charge in [0, 0.05) is 18.3 Å². The maximum absolute atomic E-state index is 11.9. The van der Waals surface area contributed by atoms with Crippen molar-refractivity contribution in [3.8, 4) is 0 Å².